The van der Waals surface area contributed by atoms with Gasteiger partial charge >= 0.3 is 0 Å². The summed E-state index contributed by atoms with van der Waals surface area (Å²) >= 11 is 3.51. The minimum atomic E-state index is -0.580. The first kappa shape index (κ1) is 17.7. The smallest absolute Gasteiger partial charge is 0.266 e. The lowest BCUT2D eigenvalue weighted by Gasteiger charge is -2.17. The summed E-state index contributed by atoms with van der Waals surface area (Å²) < 4.78 is 26.0. The minimum absolute atomic E-state index is 0.302. The molecular weight excluding hydrogens is 367 g/mol. The van der Waals surface area contributed by atoms with Crippen LogP contribution >= 0.6 is 15.9 Å². The van der Waals surface area contributed by atoms with Gasteiger partial charge in [-0.3, -0.25) is 4.79 Å². The van der Waals surface area contributed by atoms with E-state index in [1.54, 1.807) is 16.7 Å². The van der Waals surface area contributed by atoms with Gasteiger partial charge in [0.1, 0.15) is 11.5 Å². The van der Waals surface area contributed by atoms with Crippen LogP contribution in [0, 0.1) is 12.7 Å². The van der Waals surface area contributed by atoms with E-state index in [0.717, 1.165) is 10.2 Å². The Kier molecular flexibility index (Phi) is 5.56. The highest BCUT2D eigenvalue weighted by Crippen LogP contribution is 2.37. The molecule has 0 saturated heterocycles. The molecule has 0 saturated carbocycles. The van der Waals surface area contributed by atoms with Gasteiger partial charge in [-0.1, -0.05) is 12.1 Å². The molecule has 1 aromatic heterocycles. The van der Waals surface area contributed by atoms with Crippen molar-refractivity contribution in [1.82, 2.24) is 4.57 Å². The molecule has 0 aliphatic rings. The number of hydrogen-bond acceptors (Lipinski definition) is 3. The van der Waals surface area contributed by atoms with Gasteiger partial charge in [-0.2, -0.15) is 0 Å². The van der Waals surface area contributed by atoms with Crippen LogP contribution in [0.3, 0.4) is 0 Å². The first-order valence-electron chi connectivity index (χ1n) is 6.90. The SMILES string of the molecule is COC(Cn1c(C)c(Br)c(-c2ccc(F)cc2)c1C(N)=O)OC. The van der Waals surface area contributed by atoms with Gasteiger partial charge in [-0.25, -0.2) is 4.39 Å². The molecule has 2 N–H and O–H groups in total. The number of carbonyl (C=O) groups is 1. The van der Waals surface area contributed by atoms with Crippen molar-refractivity contribution in [3.8, 4) is 11.1 Å². The van der Waals surface area contributed by atoms with Gasteiger partial charge in [0.05, 0.1) is 6.54 Å². The van der Waals surface area contributed by atoms with Gasteiger partial charge in [-0.15, -0.1) is 0 Å². The Morgan fingerprint density at radius 3 is 2.35 bits per heavy atom. The molecular formula is C16H18BrFN2O3. The Bertz CT molecular complexity index is 709. The van der Waals surface area contributed by atoms with Crippen LogP contribution in [0.15, 0.2) is 28.7 Å². The molecule has 1 heterocycles. The van der Waals surface area contributed by atoms with Crippen LogP contribution < -0.4 is 5.73 Å². The van der Waals surface area contributed by atoms with Gasteiger partial charge in [0.2, 0.25) is 0 Å². The summed E-state index contributed by atoms with van der Waals surface area (Å²) in [6, 6.07) is 5.89. The predicted molar refractivity (Wildman–Crippen MR) is 88.6 cm³/mol. The summed E-state index contributed by atoms with van der Waals surface area (Å²) in [7, 11) is 3.04. The molecule has 2 rings (SSSR count). The molecule has 0 aliphatic carbocycles. The van der Waals surface area contributed by atoms with Crippen LogP contribution in [0.2, 0.25) is 0 Å². The van der Waals surface area contributed by atoms with Gasteiger partial charge in [0.15, 0.2) is 6.29 Å². The van der Waals surface area contributed by atoms with Crippen molar-refractivity contribution >= 4 is 21.8 Å². The lowest BCUT2D eigenvalue weighted by molar-refractivity contribution is -0.111. The van der Waals surface area contributed by atoms with Crippen LogP contribution in [-0.4, -0.2) is 31.0 Å². The van der Waals surface area contributed by atoms with E-state index < -0.39 is 12.2 Å². The lowest BCUT2D eigenvalue weighted by Crippen LogP contribution is -2.26. The zero-order chi connectivity index (χ0) is 17.1. The molecule has 0 unspecified atom stereocenters. The van der Waals surface area contributed by atoms with E-state index in [1.807, 2.05) is 6.92 Å². The highest BCUT2D eigenvalue weighted by atomic mass is 79.9. The van der Waals surface area contributed by atoms with Crippen molar-refractivity contribution < 1.29 is 18.7 Å². The molecule has 7 heteroatoms. The largest absolute Gasteiger partial charge is 0.364 e. The van der Waals surface area contributed by atoms with E-state index in [4.69, 9.17) is 15.2 Å². The topological polar surface area (TPSA) is 66.5 Å². The fourth-order valence-corrected chi connectivity index (χ4v) is 3.10. The summed E-state index contributed by atoms with van der Waals surface area (Å²) in [6.07, 6.45) is -0.521. The number of halogens is 2. The zero-order valence-electron chi connectivity index (χ0n) is 13.1. The third-order valence-corrected chi connectivity index (χ3v) is 4.64. The molecule has 2 aromatic rings. The molecule has 0 spiro atoms. The quantitative estimate of drug-likeness (QED) is 0.778. The second kappa shape index (κ2) is 7.25. The van der Waals surface area contributed by atoms with E-state index in [-0.39, 0.29) is 5.82 Å². The van der Waals surface area contributed by atoms with Gasteiger partial charge in [-0.05, 0) is 40.5 Å². The molecule has 5 nitrogen and oxygen atoms in total. The number of amides is 1. The summed E-state index contributed by atoms with van der Waals surface area (Å²) in [5.74, 6) is -0.926. The molecule has 1 aromatic carbocycles. The normalized spacial score (nSPS) is 11.2. The Hall–Kier alpha value is -1.70. The van der Waals surface area contributed by atoms with Crippen molar-refractivity contribution in [3.63, 3.8) is 0 Å². The van der Waals surface area contributed by atoms with Gasteiger partial charge in [0, 0.05) is 29.9 Å². The van der Waals surface area contributed by atoms with Crippen molar-refractivity contribution in [1.29, 1.82) is 0 Å². The second-order valence-corrected chi connectivity index (χ2v) is 5.80. The maximum atomic E-state index is 13.2. The van der Waals surface area contributed by atoms with Crippen molar-refractivity contribution in [2.75, 3.05) is 14.2 Å². The van der Waals surface area contributed by atoms with Crippen LogP contribution in [0.4, 0.5) is 4.39 Å². The summed E-state index contributed by atoms with van der Waals surface area (Å²) in [4.78, 5) is 12.0. The number of nitrogens with two attached hydrogens (primary N) is 1. The number of methoxy groups -OCH3 is 2. The van der Waals surface area contributed by atoms with Gasteiger partial charge < -0.3 is 19.8 Å². The molecule has 1 amide bonds. The third kappa shape index (κ3) is 3.46. The fraction of sp³-hybridized carbons (Fsp3) is 0.312. The van der Waals surface area contributed by atoms with E-state index in [0.29, 0.717) is 23.4 Å². The number of ether oxygens (including phenoxy) is 2. The van der Waals surface area contributed by atoms with Crippen LogP contribution in [-0.2, 0) is 16.0 Å². The number of rotatable bonds is 6. The number of primary amides is 1. The fourth-order valence-electron chi connectivity index (χ4n) is 2.46. The second-order valence-electron chi connectivity index (χ2n) is 5.01. The number of nitrogens with zero attached hydrogens (tertiary/aromatic N) is 1. The Morgan fingerprint density at radius 1 is 1.30 bits per heavy atom. The number of aromatic nitrogens is 1. The standard InChI is InChI=1S/C16H18BrFN2O3/c1-9-14(17)13(10-4-6-11(18)7-5-10)15(16(19)21)20(9)8-12(22-2)23-3/h4-7,12H,8H2,1-3H3,(H2,19,21). The molecule has 0 aliphatic heterocycles. The number of carbonyl (C=O) groups excluding carboxylic acids is 1. The zero-order valence-corrected chi connectivity index (χ0v) is 14.7. The first-order chi connectivity index (χ1) is 10.9. The highest BCUT2D eigenvalue weighted by molar-refractivity contribution is 9.10. The van der Waals surface area contributed by atoms with E-state index in [1.165, 1.54) is 26.4 Å². The van der Waals surface area contributed by atoms with Crippen molar-refractivity contribution in [3.05, 3.63) is 45.9 Å². The maximum Gasteiger partial charge on any atom is 0.266 e. The third-order valence-electron chi connectivity index (χ3n) is 3.67. The van der Waals surface area contributed by atoms with Crippen LogP contribution in [0.25, 0.3) is 11.1 Å². The Balaban J connectivity index is 2.63. The number of hydrogen-bond donors (Lipinski definition) is 1. The van der Waals surface area contributed by atoms with Crippen molar-refractivity contribution in [2.45, 2.75) is 19.8 Å². The minimum Gasteiger partial charge on any atom is -0.364 e. The van der Waals surface area contributed by atoms with E-state index >= 15 is 0 Å². The van der Waals surface area contributed by atoms with Crippen LogP contribution in [0.1, 0.15) is 16.2 Å². The number of benzene rings is 1. The Morgan fingerprint density at radius 2 is 1.87 bits per heavy atom. The lowest BCUT2D eigenvalue weighted by atomic mass is 10.1. The van der Waals surface area contributed by atoms with E-state index in [2.05, 4.69) is 15.9 Å². The molecule has 0 atom stereocenters. The molecule has 0 radical (unpaired) electrons. The predicted octanol–water partition coefficient (Wildman–Crippen LogP) is 3.08. The summed E-state index contributed by atoms with van der Waals surface area (Å²) in [6.45, 7) is 2.16. The summed E-state index contributed by atoms with van der Waals surface area (Å²) in [5.41, 5.74) is 8.03. The monoisotopic (exact) mass is 384 g/mol. The average Bonchev–Trinajstić information content (AvgIpc) is 2.78. The summed E-state index contributed by atoms with van der Waals surface area (Å²) in [5, 5.41) is 0. The first-order valence-corrected chi connectivity index (χ1v) is 7.69. The van der Waals surface area contributed by atoms with Crippen LogP contribution in [0.5, 0.6) is 0 Å². The molecule has 23 heavy (non-hydrogen) atoms. The van der Waals surface area contributed by atoms with Crippen molar-refractivity contribution in [2.24, 2.45) is 5.73 Å². The highest BCUT2D eigenvalue weighted by Gasteiger charge is 2.25. The molecule has 0 bridgehead atoms. The van der Waals surface area contributed by atoms with E-state index in [9.17, 15) is 9.18 Å². The van der Waals surface area contributed by atoms with Gasteiger partial charge in [0.25, 0.3) is 5.91 Å². The molecule has 0 fully saturated rings. The Labute approximate surface area is 142 Å². The molecule has 124 valence electrons. The maximum absolute atomic E-state index is 13.2. The average molecular weight is 385 g/mol.